The third-order valence-corrected chi connectivity index (χ3v) is 8.06. The standard InChI is InChI=1S/C34H22O4/c35-27-13-21-5-1-17-9-25(10-18-2-6-22(14-27)31(21)29(17)18)33(37)34(38)26-11-19-3-7-23-15-28(36)16-24-8-4-20(12-26)30(19)32(23)24/h1-16,33-38H. The van der Waals surface area contributed by atoms with E-state index in [-0.39, 0.29) is 11.5 Å². The van der Waals surface area contributed by atoms with Gasteiger partial charge in [-0.15, -0.1) is 0 Å². The van der Waals surface area contributed by atoms with Gasteiger partial charge in [0.25, 0.3) is 0 Å². The highest BCUT2D eigenvalue weighted by Crippen LogP contribution is 2.42. The number of aliphatic hydroxyl groups is 2. The largest absolute Gasteiger partial charge is 0.508 e. The average Bonchev–Trinajstić information content (AvgIpc) is 2.92. The predicted molar refractivity (Wildman–Crippen MR) is 154 cm³/mol. The fraction of sp³-hybridized carbons (Fsp3) is 0.0588. The van der Waals surface area contributed by atoms with E-state index < -0.39 is 12.2 Å². The lowest BCUT2D eigenvalue weighted by Crippen LogP contribution is -2.10. The van der Waals surface area contributed by atoms with E-state index in [1.54, 1.807) is 24.3 Å². The molecular formula is C34H22O4. The molecule has 0 aliphatic heterocycles. The molecule has 182 valence electrons. The molecule has 0 heterocycles. The maximum Gasteiger partial charge on any atom is 0.116 e. The second-order valence-electron chi connectivity index (χ2n) is 10.4. The molecule has 0 fully saturated rings. The van der Waals surface area contributed by atoms with Crippen LogP contribution in [0, 0.1) is 0 Å². The van der Waals surface area contributed by atoms with Crippen LogP contribution in [0.4, 0.5) is 0 Å². The normalized spacial score (nSPS) is 14.1. The fourth-order valence-electron chi connectivity index (χ4n) is 6.40. The van der Waals surface area contributed by atoms with E-state index in [9.17, 15) is 20.4 Å². The van der Waals surface area contributed by atoms with E-state index in [2.05, 4.69) is 0 Å². The average molecular weight is 495 g/mol. The molecule has 0 amide bonds. The number of rotatable bonds is 3. The van der Waals surface area contributed by atoms with Crippen LogP contribution >= 0.6 is 0 Å². The summed E-state index contributed by atoms with van der Waals surface area (Å²) in [5.74, 6) is 0.475. The van der Waals surface area contributed by atoms with E-state index in [0.29, 0.717) is 11.1 Å². The molecular weight excluding hydrogens is 472 g/mol. The number of hydrogen-bond acceptors (Lipinski definition) is 4. The van der Waals surface area contributed by atoms with Crippen LogP contribution in [0.2, 0.25) is 0 Å². The van der Waals surface area contributed by atoms with E-state index in [0.717, 1.165) is 64.6 Å². The van der Waals surface area contributed by atoms with Crippen molar-refractivity contribution in [1.29, 1.82) is 0 Å². The molecule has 2 unspecified atom stereocenters. The van der Waals surface area contributed by atoms with Crippen LogP contribution in [0.15, 0.2) is 97.1 Å². The zero-order valence-electron chi connectivity index (χ0n) is 20.2. The Bertz CT molecular complexity index is 1900. The van der Waals surface area contributed by atoms with Gasteiger partial charge in [0.1, 0.15) is 23.7 Å². The van der Waals surface area contributed by atoms with Crippen molar-refractivity contribution in [2.24, 2.45) is 0 Å². The van der Waals surface area contributed by atoms with Crippen LogP contribution in [-0.4, -0.2) is 20.4 Å². The molecule has 4 heteroatoms. The zero-order chi connectivity index (χ0) is 25.7. The van der Waals surface area contributed by atoms with Gasteiger partial charge in [-0.25, -0.2) is 0 Å². The number of hydrogen-bond donors (Lipinski definition) is 4. The van der Waals surface area contributed by atoms with Crippen molar-refractivity contribution >= 4 is 64.6 Å². The number of phenols is 2. The van der Waals surface area contributed by atoms with Gasteiger partial charge in [0.2, 0.25) is 0 Å². The molecule has 8 rings (SSSR count). The molecule has 0 aromatic heterocycles. The molecule has 0 aliphatic rings. The number of phenolic OH excluding ortho intramolecular Hbond substituents is 2. The number of aromatic hydroxyl groups is 2. The van der Waals surface area contributed by atoms with E-state index in [1.165, 1.54) is 0 Å². The highest BCUT2D eigenvalue weighted by atomic mass is 16.3. The summed E-state index contributed by atoms with van der Waals surface area (Å²) in [5.41, 5.74) is 1.29. The Morgan fingerprint density at radius 1 is 0.342 bits per heavy atom. The van der Waals surface area contributed by atoms with Gasteiger partial charge in [0.05, 0.1) is 0 Å². The summed E-state index contributed by atoms with van der Waals surface area (Å²) >= 11 is 0. The van der Waals surface area contributed by atoms with Gasteiger partial charge in [-0.05, 0) is 124 Å². The minimum absolute atomic E-state index is 0.238. The summed E-state index contributed by atoms with van der Waals surface area (Å²) in [4.78, 5) is 0. The second kappa shape index (κ2) is 7.45. The van der Waals surface area contributed by atoms with Crippen molar-refractivity contribution in [3.05, 3.63) is 108 Å². The molecule has 0 aliphatic carbocycles. The Morgan fingerprint density at radius 3 is 0.789 bits per heavy atom. The topological polar surface area (TPSA) is 80.9 Å². The van der Waals surface area contributed by atoms with Crippen LogP contribution in [0.1, 0.15) is 23.3 Å². The lowest BCUT2D eigenvalue weighted by molar-refractivity contribution is 0.0175. The molecule has 0 saturated carbocycles. The summed E-state index contributed by atoms with van der Waals surface area (Å²) in [5, 5.41) is 55.0. The predicted octanol–water partition coefficient (Wildman–Crippen LogP) is 7.66. The van der Waals surface area contributed by atoms with Crippen LogP contribution < -0.4 is 0 Å². The van der Waals surface area contributed by atoms with Gasteiger partial charge in [0.15, 0.2) is 0 Å². The third-order valence-electron chi connectivity index (χ3n) is 8.06. The molecule has 38 heavy (non-hydrogen) atoms. The highest BCUT2D eigenvalue weighted by Gasteiger charge is 2.23. The van der Waals surface area contributed by atoms with E-state index >= 15 is 0 Å². The first-order valence-electron chi connectivity index (χ1n) is 12.6. The third kappa shape index (κ3) is 2.93. The van der Waals surface area contributed by atoms with Crippen molar-refractivity contribution in [3.8, 4) is 11.5 Å². The van der Waals surface area contributed by atoms with Crippen molar-refractivity contribution in [3.63, 3.8) is 0 Å². The Labute approximate surface area is 216 Å². The van der Waals surface area contributed by atoms with Crippen LogP contribution in [-0.2, 0) is 0 Å². The molecule has 8 aromatic carbocycles. The minimum atomic E-state index is -1.12. The summed E-state index contributed by atoms with van der Waals surface area (Å²) in [7, 11) is 0. The van der Waals surface area contributed by atoms with Crippen molar-refractivity contribution in [2.75, 3.05) is 0 Å². The van der Waals surface area contributed by atoms with Crippen molar-refractivity contribution in [1.82, 2.24) is 0 Å². The minimum Gasteiger partial charge on any atom is -0.508 e. The van der Waals surface area contributed by atoms with Crippen LogP contribution in [0.5, 0.6) is 11.5 Å². The summed E-state index contributed by atoms with van der Waals surface area (Å²) < 4.78 is 0. The Balaban J connectivity index is 1.26. The van der Waals surface area contributed by atoms with Gasteiger partial charge < -0.3 is 20.4 Å². The van der Waals surface area contributed by atoms with E-state index in [1.807, 2.05) is 72.8 Å². The fourth-order valence-corrected chi connectivity index (χ4v) is 6.40. The Kier molecular flexibility index (Phi) is 4.20. The molecule has 4 nitrogen and oxygen atoms in total. The van der Waals surface area contributed by atoms with Gasteiger partial charge in [-0.1, -0.05) is 48.5 Å². The molecule has 2 atom stereocenters. The monoisotopic (exact) mass is 494 g/mol. The molecule has 8 aromatic rings. The maximum absolute atomic E-state index is 11.4. The van der Waals surface area contributed by atoms with Gasteiger partial charge in [-0.2, -0.15) is 0 Å². The summed E-state index contributed by atoms with van der Waals surface area (Å²) in [6, 6.07) is 30.8. The van der Waals surface area contributed by atoms with Gasteiger partial charge in [0, 0.05) is 0 Å². The molecule has 0 spiro atoms. The lowest BCUT2D eigenvalue weighted by Gasteiger charge is -2.22. The number of benzene rings is 8. The van der Waals surface area contributed by atoms with Crippen LogP contribution in [0.25, 0.3) is 64.6 Å². The molecule has 0 radical (unpaired) electrons. The quantitative estimate of drug-likeness (QED) is 0.190. The molecule has 4 N–H and O–H groups in total. The van der Waals surface area contributed by atoms with E-state index in [4.69, 9.17) is 0 Å². The Hall–Kier alpha value is -4.64. The zero-order valence-corrected chi connectivity index (χ0v) is 20.2. The molecule has 0 saturated heterocycles. The Morgan fingerprint density at radius 2 is 0.553 bits per heavy atom. The first kappa shape index (κ1) is 21.4. The first-order chi connectivity index (χ1) is 18.4. The first-order valence-corrected chi connectivity index (χ1v) is 12.6. The lowest BCUT2D eigenvalue weighted by atomic mass is 9.88. The smallest absolute Gasteiger partial charge is 0.116 e. The van der Waals surface area contributed by atoms with Crippen molar-refractivity contribution in [2.45, 2.75) is 12.2 Å². The van der Waals surface area contributed by atoms with Crippen molar-refractivity contribution < 1.29 is 20.4 Å². The van der Waals surface area contributed by atoms with Gasteiger partial charge >= 0.3 is 0 Å². The molecule has 0 bridgehead atoms. The maximum atomic E-state index is 11.4. The highest BCUT2D eigenvalue weighted by molar-refractivity contribution is 6.24. The summed E-state index contributed by atoms with van der Waals surface area (Å²) in [6.07, 6.45) is -2.24. The second-order valence-corrected chi connectivity index (χ2v) is 10.4. The van der Waals surface area contributed by atoms with Crippen LogP contribution in [0.3, 0.4) is 0 Å². The summed E-state index contributed by atoms with van der Waals surface area (Å²) in [6.45, 7) is 0. The van der Waals surface area contributed by atoms with Gasteiger partial charge in [-0.3, -0.25) is 0 Å². The SMILES string of the molecule is Oc1cc2ccc3cc(C(O)C(O)c4cc5ccc6cc(O)cc7ccc(c4)c5c67)cc4ccc(c1)c2c34. The number of aliphatic hydroxyl groups excluding tert-OH is 2.